The average molecular weight is 333 g/mol. The van der Waals surface area contributed by atoms with Crippen LogP contribution in [-0.4, -0.2) is 56.0 Å². The molecule has 0 unspecified atom stereocenters. The summed E-state index contributed by atoms with van der Waals surface area (Å²) in [5.41, 5.74) is 0.425. The second-order valence-corrected chi connectivity index (χ2v) is 7.87. The Morgan fingerprint density at radius 1 is 1.38 bits per heavy atom. The SMILES string of the molecule is CN1CCC(N(C)S(=O)(=O)c2ccc(Cl)c(CO)c2)CC1. The zero-order valence-corrected chi connectivity index (χ0v) is 13.9. The summed E-state index contributed by atoms with van der Waals surface area (Å²) in [5.74, 6) is 0. The first-order chi connectivity index (χ1) is 9.86. The molecular weight excluding hydrogens is 312 g/mol. The van der Waals surface area contributed by atoms with E-state index in [0.717, 1.165) is 25.9 Å². The highest BCUT2D eigenvalue weighted by Crippen LogP contribution is 2.25. The van der Waals surface area contributed by atoms with Gasteiger partial charge in [-0.25, -0.2) is 8.42 Å². The zero-order chi connectivity index (χ0) is 15.6. The number of aliphatic hydroxyl groups is 1. The van der Waals surface area contributed by atoms with Crippen molar-refractivity contribution in [3.63, 3.8) is 0 Å². The Balaban J connectivity index is 2.24. The molecule has 0 radical (unpaired) electrons. The molecule has 0 spiro atoms. The van der Waals surface area contributed by atoms with Gasteiger partial charge in [0.15, 0.2) is 0 Å². The van der Waals surface area contributed by atoms with E-state index in [2.05, 4.69) is 4.90 Å². The van der Waals surface area contributed by atoms with Gasteiger partial charge in [0.1, 0.15) is 0 Å². The van der Waals surface area contributed by atoms with Crippen LogP contribution >= 0.6 is 11.6 Å². The topological polar surface area (TPSA) is 60.9 Å². The van der Waals surface area contributed by atoms with E-state index in [9.17, 15) is 13.5 Å². The lowest BCUT2D eigenvalue weighted by atomic mass is 10.1. The van der Waals surface area contributed by atoms with Crippen molar-refractivity contribution < 1.29 is 13.5 Å². The molecule has 0 bridgehead atoms. The van der Waals surface area contributed by atoms with Gasteiger partial charge in [-0.3, -0.25) is 0 Å². The van der Waals surface area contributed by atoms with E-state index >= 15 is 0 Å². The van der Waals surface area contributed by atoms with Crippen molar-refractivity contribution >= 4 is 21.6 Å². The van der Waals surface area contributed by atoms with Crippen LogP contribution in [0.2, 0.25) is 5.02 Å². The van der Waals surface area contributed by atoms with E-state index in [1.54, 1.807) is 7.05 Å². The van der Waals surface area contributed by atoms with Crippen LogP contribution in [0.4, 0.5) is 0 Å². The predicted molar refractivity (Wildman–Crippen MR) is 82.8 cm³/mol. The van der Waals surface area contributed by atoms with Crippen molar-refractivity contribution in [3.05, 3.63) is 28.8 Å². The third-order valence-electron chi connectivity index (χ3n) is 4.07. The van der Waals surface area contributed by atoms with Crippen LogP contribution in [0, 0.1) is 0 Å². The average Bonchev–Trinajstić information content (AvgIpc) is 2.47. The van der Waals surface area contributed by atoms with Crippen molar-refractivity contribution in [3.8, 4) is 0 Å². The summed E-state index contributed by atoms with van der Waals surface area (Å²) in [6.07, 6.45) is 1.65. The Morgan fingerprint density at radius 2 is 2.00 bits per heavy atom. The standard InChI is InChI=1S/C14H21ClN2O3S/c1-16-7-5-12(6-8-16)17(2)21(19,20)13-3-4-14(15)11(9-13)10-18/h3-4,9,12,18H,5-8,10H2,1-2H3. The predicted octanol–water partition coefficient (Wildman–Crippen LogP) is 1.55. The maximum atomic E-state index is 12.7. The van der Waals surface area contributed by atoms with Crippen LogP contribution in [0.25, 0.3) is 0 Å². The maximum Gasteiger partial charge on any atom is 0.243 e. The molecule has 2 rings (SSSR count). The van der Waals surface area contributed by atoms with Gasteiger partial charge in [-0.2, -0.15) is 4.31 Å². The van der Waals surface area contributed by atoms with Crippen LogP contribution in [0.1, 0.15) is 18.4 Å². The minimum Gasteiger partial charge on any atom is -0.392 e. The first-order valence-corrected chi connectivity index (χ1v) is 8.74. The molecule has 1 aromatic rings. The van der Waals surface area contributed by atoms with Crippen molar-refractivity contribution in [2.75, 3.05) is 27.2 Å². The fourth-order valence-corrected chi connectivity index (χ4v) is 4.20. The number of rotatable bonds is 4. The number of benzene rings is 1. The molecule has 0 aliphatic carbocycles. The Bertz CT molecular complexity index is 598. The number of piperidine rings is 1. The summed E-state index contributed by atoms with van der Waals surface area (Å²) in [6, 6.07) is 4.47. The molecule has 7 heteroatoms. The highest BCUT2D eigenvalue weighted by Gasteiger charge is 2.30. The van der Waals surface area contributed by atoms with E-state index in [-0.39, 0.29) is 17.5 Å². The van der Waals surface area contributed by atoms with Gasteiger partial charge >= 0.3 is 0 Å². The molecule has 1 aliphatic rings. The molecule has 0 saturated carbocycles. The molecule has 1 aromatic carbocycles. The molecule has 1 aliphatic heterocycles. The number of halogens is 1. The lowest BCUT2D eigenvalue weighted by Crippen LogP contribution is -2.44. The Kier molecular flexibility index (Phi) is 5.27. The molecule has 1 fully saturated rings. The van der Waals surface area contributed by atoms with Crippen molar-refractivity contribution in [2.45, 2.75) is 30.4 Å². The molecule has 0 atom stereocenters. The third kappa shape index (κ3) is 3.57. The fourth-order valence-electron chi connectivity index (χ4n) is 2.55. The highest BCUT2D eigenvalue weighted by atomic mass is 35.5. The van der Waals surface area contributed by atoms with E-state index in [0.29, 0.717) is 10.6 Å². The Hall–Kier alpha value is -0.660. The lowest BCUT2D eigenvalue weighted by molar-refractivity contribution is 0.197. The van der Waals surface area contributed by atoms with Crippen LogP contribution in [0.3, 0.4) is 0 Å². The van der Waals surface area contributed by atoms with Crippen LogP contribution in [0.15, 0.2) is 23.1 Å². The minimum absolute atomic E-state index is 0.0134. The van der Waals surface area contributed by atoms with Crippen molar-refractivity contribution in [1.29, 1.82) is 0 Å². The van der Waals surface area contributed by atoms with Crippen molar-refractivity contribution in [1.82, 2.24) is 9.21 Å². The van der Waals surface area contributed by atoms with Crippen LogP contribution in [-0.2, 0) is 16.6 Å². The van der Waals surface area contributed by atoms with Crippen LogP contribution in [0.5, 0.6) is 0 Å². The van der Waals surface area contributed by atoms with Gasteiger partial charge in [0, 0.05) is 18.1 Å². The number of aliphatic hydroxyl groups excluding tert-OH is 1. The molecule has 0 aromatic heterocycles. The van der Waals surface area contributed by atoms with E-state index in [1.165, 1.54) is 22.5 Å². The molecular formula is C14H21ClN2O3S. The van der Waals surface area contributed by atoms with Gasteiger partial charge in [-0.15, -0.1) is 0 Å². The molecule has 5 nitrogen and oxygen atoms in total. The maximum absolute atomic E-state index is 12.7. The number of sulfonamides is 1. The van der Waals surface area contributed by atoms with Gasteiger partial charge in [-0.1, -0.05) is 11.6 Å². The summed E-state index contributed by atoms with van der Waals surface area (Å²) in [7, 11) is 0.102. The highest BCUT2D eigenvalue weighted by molar-refractivity contribution is 7.89. The van der Waals surface area contributed by atoms with E-state index in [4.69, 9.17) is 11.6 Å². The van der Waals surface area contributed by atoms with Gasteiger partial charge in [0.25, 0.3) is 0 Å². The van der Waals surface area contributed by atoms with Gasteiger partial charge < -0.3 is 10.0 Å². The van der Waals surface area contributed by atoms with E-state index < -0.39 is 10.0 Å². The van der Waals surface area contributed by atoms with Gasteiger partial charge in [0.05, 0.1) is 11.5 Å². The molecule has 0 amide bonds. The van der Waals surface area contributed by atoms with E-state index in [1.807, 2.05) is 7.05 Å². The molecule has 1 heterocycles. The minimum atomic E-state index is -3.56. The molecule has 21 heavy (non-hydrogen) atoms. The normalized spacial score (nSPS) is 18.3. The van der Waals surface area contributed by atoms with Gasteiger partial charge in [-0.05, 0) is 56.7 Å². The summed E-state index contributed by atoms with van der Waals surface area (Å²) in [5, 5.41) is 9.60. The number of hydrogen-bond donors (Lipinski definition) is 1. The Labute approximate surface area is 131 Å². The fraction of sp³-hybridized carbons (Fsp3) is 0.571. The van der Waals surface area contributed by atoms with Crippen LogP contribution < -0.4 is 0 Å². The molecule has 1 saturated heterocycles. The second kappa shape index (κ2) is 6.62. The smallest absolute Gasteiger partial charge is 0.243 e. The summed E-state index contributed by atoms with van der Waals surface area (Å²) < 4.78 is 26.8. The largest absolute Gasteiger partial charge is 0.392 e. The number of likely N-dealkylation sites (tertiary alicyclic amines) is 1. The Morgan fingerprint density at radius 3 is 2.57 bits per heavy atom. The number of nitrogens with zero attached hydrogens (tertiary/aromatic N) is 2. The van der Waals surface area contributed by atoms with Crippen molar-refractivity contribution in [2.24, 2.45) is 0 Å². The van der Waals surface area contributed by atoms with Gasteiger partial charge in [0.2, 0.25) is 10.0 Å². The second-order valence-electron chi connectivity index (χ2n) is 5.47. The first kappa shape index (κ1) is 16.7. The lowest BCUT2D eigenvalue weighted by Gasteiger charge is -2.34. The summed E-state index contributed by atoms with van der Waals surface area (Å²) in [6.45, 7) is 1.51. The third-order valence-corrected chi connectivity index (χ3v) is 6.34. The monoisotopic (exact) mass is 332 g/mol. The molecule has 1 N–H and O–H groups in total. The summed E-state index contributed by atoms with van der Waals surface area (Å²) >= 11 is 5.92. The first-order valence-electron chi connectivity index (χ1n) is 6.92. The quantitative estimate of drug-likeness (QED) is 0.908. The summed E-state index contributed by atoms with van der Waals surface area (Å²) in [4.78, 5) is 2.38. The number of hydrogen-bond acceptors (Lipinski definition) is 4. The molecule has 118 valence electrons. The zero-order valence-electron chi connectivity index (χ0n) is 12.3.